The van der Waals surface area contributed by atoms with Crippen molar-refractivity contribution in [2.45, 2.75) is 176 Å². The van der Waals surface area contributed by atoms with Gasteiger partial charge in [-0.2, -0.15) is 171 Å². The molecule has 0 fully saturated rings. The van der Waals surface area contributed by atoms with Gasteiger partial charge in [0.05, 0.1) is 19.8 Å². The number of hydrogen-bond acceptors (Lipinski definition) is 4. The Balaban J connectivity index is 0. The van der Waals surface area contributed by atoms with E-state index in [2.05, 4.69) is 0 Å². The van der Waals surface area contributed by atoms with Crippen LogP contribution in [0, 0.1) is 0 Å². The van der Waals surface area contributed by atoms with Crippen LogP contribution in [0.1, 0.15) is 33.1 Å². The molecule has 0 amide bonds. The van der Waals surface area contributed by atoms with Gasteiger partial charge >= 0.3 is 132 Å². The molecule has 2 N–H and O–H groups in total. The Labute approximate surface area is 390 Å². The molecule has 0 aliphatic carbocycles. The minimum atomic E-state index is -8.94. The van der Waals surface area contributed by atoms with Gasteiger partial charge in [-0.05, 0) is 19.9 Å². The number of halogens is 39. The van der Waals surface area contributed by atoms with E-state index in [-0.39, 0.29) is 13.8 Å². The topological polar surface area (TPSA) is 74.6 Å². The molecule has 1 atom stereocenters. The Morgan fingerprint density at radius 3 is 0.608 bits per heavy atom. The molecule has 0 saturated heterocycles. The van der Waals surface area contributed by atoms with Gasteiger partial charge in [0.15, 0.2) is 0 Å². The second kappa shape index (κ2) is 20.7. The maximum atomic E-state index is 14.9. The van der Waals surface area contributed by atoms with E-state index < -0.39 is 188 Å². The van der Waals surface area contributed by atoms with Crippen molar-refractivity contribution >= 4 is 8.07 Å². The van der Waals surface area contributed by atoms with Gasteiger partial charge in [-0.15, -0.1) is 0 Å². The molecule has 74 heavy (non-hydrogen) atoms. The van der Waals surface area contributed by atoms with Crippen LogP contribution < -0.4 is 0 Å². The van der Waals surface area contributed by atoms with Crippen molar-refractivity contribution in [2.75, 3.05) is 0 Å². The van der Waals surface area contributed by atoms with Crippen molar-refractivity contribution in [3.8, 4) is 0 Å². The third kappa shape index (κ3) is 12.1. The fourth-order valence-corrected chi connectivity index (χ4v) is 10.7. The van der Waals surface area contributed by atoms with Gasteiger partial charge in [0.2, 0.25) is 0 Å². The standard InChI is InChI=1S/C29H23F39O2Si.2O.Os/c1-11(2,70)10(69)9-71(6-3-12(30,31)15(36,37)18(42,43)21(48,49)24(54,55)27(60,61)62,7-4-13(32,33)16(38,39)19(44,45)22(50,51)25(56,57)28(63,64)65)8-5-14(34,35)17(40,41)20(46,47)23(52,53)26(58,59)29(66,67)68;;;/h10,69-70H,3-9H2,1-2H3;;;. The van der Waals surface area contributed by atoms with Gasteiger partial charge in [0.25, 0.3) is 0 Å². The molecule has 448 valence electrons. The van der Waals surface area contributed by atoms with Crippen molar-refractivity contribution in [3.63, 3.8) is 0 Å². The molecule has 0 bridgehead atoms. The van der Waals surface area contributed by atoms with Gasteiger partial charge in [-0.1, -0.05) is 18.1 Å². The fraction of sp³-hybridized carbons (Fsp3) is 1.00. The van der Waals surface area contributed by atoms with Crippen molar-refractivity contribution in [2.24, 2.45) is 0 Å². The van der Waals surface area contributed by atoms with E-state index in [4.69, 9.17) is 7.08 Å². The zero-order valence-electron chi connectivity index (χ0n) is 34.3. The minimum absolute atomic E-state index is 0.0154. The normalized spacial score (nSPS) is 16.8. The number of hydrogen-bond donors (Lipinski definition) is 2. The van der Waals surface area contributed by atoms with E-state index in [0.29, 0.717) is 0 Å². The summed E-state index contributed by atoms with van der Waals surface area (Å²) in [5.74, 6) is -128. The maximum absolute atomic E-state index is 14.9. The first-order valence-corrected chi connectivity index (χ1v) is 22.5. The van der Waals surface area contributed by atoms with Crippen LogP contribution in [0.3, 0.4) is 0 Å². The van der Waals surface area contributed by atoms with E-state index in [9.17, 15) is 181 Å². The molecule has 4 nitrogen and oxygen atoms in total. The van der Waals surface area contributed by atoms with Gasteiger partial charge in [0, 0.05) is 19.3 Å². The van der Waals surface area contributed by atoms with Crippen LogP contribution in [0.5, 0.6) is 0 Å². The van der Waals surface area contributed by atoms with Gasteiger partial charge in [-0.25, -0.2) is 0 Å². The zero-order valence-corrected chi connectivity index (χ0v) is 37.9. The van der Waals surface area contributed by atoms with Crippen molar-refractivity contribution < 1.29 is 206 Å². The van der Waals surface area contributed by atoms with E-state index >= 15 is 0 Å². The second-order valence-corrected chi connectivity index (χ2v) is 21.3. The molecule has 0 saturated carbocycles. The Morgan fingerprint density at radius 2 is 0.473 bits per heavy atom. The van der Waals surface area contributed by atoms with Gasteiger partial charge in [0.1, 0.15) is 0 Å². The Morgan fingerprint density at radius 1 is 0.324 bits per heavy atom. The van der Waals surface area contributed by atoms with E-state index in [1.165, 1.54) is 0 Å². The number of aliphatic hydroxyl groups excluding tert-OH is 1. The molecule has 0 rings (SSSR count). The average molecular weight is 1390 g/mol. The molecular formula is C29H23F39O4OsSi. The predicted molar refractivity (Wildman–Crippen MR) is 155 cm³/mol. The summed E-state index contributed by atoms with van der Waals surface area (Å²) in [7, 11) is -7.18. The molecule has 0 aromatic carbocycles. The number of rotatable bonds is 24. The quantitative estimate of drug-likeness (QED) is 0.0746. The van der Waals surface area contributed by atoms with Crippen molar-refractivity contribution in [1.29, 1.82) is 0 Å². The molecule has 0 aromatic rings. The van der Waals surface area contributed by atoms with Crippen LogP contribution >= 0.6 is 0 Å². The second-order valence-electron chi connectivity index (χ2n) is 15.9. The Kier molecular flexibility index (Phi) is 20.6. The van der Waals surface area contributed by atoms with Crippen LogP contribution in [-0.4, -0.2) is 137 Å². The Bertz CT molecular complexity index is 1730. The van der Waals surface area contributed by atoms with Crippen molar-refractivity contribution in [3.05, 3.63) is 0 Å². The summed E-state index contributed by atoms with van der Waals surface area (Å²) in [6.07, 6.45) is -40.6. The van der Waals surface area contributed by atoms with Crippen LogP contribution in [0.15, 0.2) is 0 Å². The molecule has 0 aromatic heterocycles. The van der Waals surface area contributed by atoms with Crippen LogP contribution in [0.25, 0.3) is 0 Å². The Hall–Kier alpha value is -2.36. The van der Waals surface area contributed by atoms with E-state index in [0.717, 1.165) is 0 Å². The summed E-state index contributed by atoms with van der Waals surface area (Å²) in [5, 5.41) is 20.2. The number of aliphatic hydroxyl groups is 2. The molecule has 0 radical (unpaired) electrons. The summed E-state index contributed by atoms with van der Waals surface area (Å²) in [5.41, 5.74) is -3.42. The van der Waals surface area contributed by atoms with E-state index in [1.54, 1.807) is 0 Å². The van der Waals surface area contributed by atoms with Gasteiger partial charge < -0.3 is 10.2 Å². The first-order chi connectivity index (χ1) is 31.4. The number of alkyl halides is 39. The third-order valence-electron chi connectivity index (χ3n) is 10.3. The summed E-state index contributed by atoms with van der Waals surface area (Å²) in [6.45, 7) is 0.0307. The molecule has 0 aliphatic rings. The molecule has 0 heterocycles. The predicted octanol–water partition coefficient (Wildman–Crippen LogP) is 14.7. The summed E-state index contributed by atoms with van der Waals surface area (Å²) in [6, 6.07) is -13.2. The van der Waals surface area contributed by atoms with Gasteiger partial charge in [-0.3, -0.25) is 0 Å². The van der Waals surface area contributed by atoms with Crippen LogP contribution in [0.4, 0.5) is 171 Å². The first-order valence-electron chi connectivity index (χ1n) is 17.6. The summed E-state index contributed by atoms with van der Waals surface area (Å²) < 4.78 is 554. The van der Waals surface area contributed by atoms with Crippen LogP contribution in [-0.2, 0) is 24.4 Å². The molecule has 0 aliphatic heterocycles. The molecular weight excluding hydrogens is 1370 g/mol. The molecule has 0 spiro atoms. The summed E-state index contributed by atoms with van der Waals surface area (Å²) >= 11 is -2.08. The fourth-order valence-electron chi connectivity index (χ4n) is 5.48. The van der Waals surface area contributed by atoms with E-state index in [1.807, 2.05) is 0 Å². The summed E-state index contributed by atoms with van der Waals surface area (Å²) in [4.78, 5) is 0. The molecule has 1 unspecified atom stereocenters. The van der Waals surface area contributed by atoms with Crippen LogP contribution in [0.2, 0.25) is 24.2 Å². The molecule has 45 heteroatoms. The first kappa shape index (κ1) is 73.7. The zero-order chi connectivity index (χ0) is 61.2. The SMILES string of the molecule is CC(C)(O)C(O)C[Si](CCC(F)(F)C(F)(F)C(F)(F)C(F)(F)C(F)(F)C(F)(F)F)(CCC(F)(F)C(F)(F)C(F)(F)C(F)(F)C(F)(F)C(F)(F)F)CCC(F)(F)C(F)(F)C(F)(F)C(F)(F)C(F)(F)C(F)(F)F.[O]=[Os]=[O]. The van der Waals surface area contributed by atoms with Crippen molar-refractivity contribution in [1.82, 2.24) is 0 Å². The average Bonchev–Trinajstić information content (AvgIpc) is 3.16. The monoisotopic (exact) mass is 1400 g/mol. The third-order valence-corrected chi connectivity index (χ3v) is 15.5.